The largest absolute Gasteiger partial charge is 0.496 e. The molecule has 0 spiro atoms. The maximum absolute atomic E-state index is 11.5. The van der Waals surface area contributed by atoms with E-state index in [9.17, 15) is 4.79 Å². The Labute approximate surface area is 83.6 Å². The SMILES string of the molecule is COc1ccccc1C(=O)OC(C)C. The smallest absolute Gasteiger partial charge is 0.342 e. The van der Waals surface area contributed by atoms with Crippen LogP contribution in [0.2, 0.25) is 0 Å². The highest BCUT2D eigenvalue weighted by Gasteiger charge is 2.13. The van der Waals surface area contributed by atoms with Crippen LogP contribution in [0.25, 0.3) is 0 Å². The van der Waals surface area contributed by atoms with Gasteiger partial charge in [0.1, 0.15) is 11.3 Å². The van der Waals surface area contributed by atoms with Crippen LogP contribution in [0.4, 0.5) is 0 Å². The second kappa shape index (κ2) is 4.65. The summed E-state index contributed by atoms with van der Waals surface area (Å²) in [5.74, 6) is 0.190. The molecule has 0 heterocycles. The molecule has 76 valence electrons. The lowest BCUT2D eigenvalue weighted by Gasteiger charge is -2.10. The molecule has 0 radical (unpaired) electrons. The van der Waals surface area contributed by atoms with E-state index in [2.05, 4.69) is 0 Å². The summed E-state index contributed by atoms with van der Waals surface area (Å²) in [5, 5.41) is 0. The summed E-state index contributed by atoms with van der Waals surface area (Å²) in [7, 11) is 1.53. The van der Waals surface area contributed by atoms with Crippen LogP contribution in [0.3, 0.4) is 0 Å². The Hall–Kier alpha value is -1.51. The zero-order valence-corrected chi connectivity index (χ0v) is 8.61. The maximum atomic E-state index is 11.5. The third kappa shape index (κ3) is 2.49. The number of rotatable bonds is 3. The van der Waals surface area contributed by atoms with Gasteiger partial charge in [-0.1, -0.05) is 12.1 Å². The number of methoxy groups -OCH3 is 1. The van der Waals surface area contributed by atoms with Crippen molar-refractivity contribution in [3.05, 3.63) is 29.8 Å². The Morgan fingerprint density at radius 3 is 2.50 bits per heavy atom. The van der Waals surface area contributed by atoms with Crippen LogP contribution in [0.5, 0.6) is 5.75 Å². The second-order valence-electron chi connectivity index (χ2n) is 3.15. The first-order valence-electron chi connectivity index (χ1n) is 4.49. The average molecular weight is 194 g/mol. The van der Waals surface area contributed by atoms with Crippen LogP contribution in [0.15, 0.2) is 24.3 Å². The number of hydrogen-bond donors (Lipinski definition) is 0. The van der Waals surface area contributed by atoms with Gasteiger partial charge in [-0.2, -0.15) is 0 Å². The lowest BCUT2D eigenvalue weighted by Crippen LogP contribution is -2.12. The number of hydrogen-bond acceptors (Lipinski definition) is 3. The molecule has 0 unspecified atom stereocenters. The average Bonchev–Trinajstić information content (AvgIpc) is 2.16. The number of benzene rings is 1. The summed E-state index contributed by atoms with van der Waals surface area (Å²) in [4.78, 5) is 11.5. The highest BCUT2D eigenvalue weighted by atomic mass is 16.5. The first-order valence-corrected chi connectivity index (χ1v) is 4.49. The number of ether oxygens (including phenoxy) is 2. The van der Waals surface area contributed by atoms with E-state index in [0.29, 0.717) is 11.3 Å². The molecule has 1 rings (SSSR count). The van der Waals surface area contributed by atoms with Gasteiger partial charge in [-0.25, -0.2) is 4.79 Å². The summed E-state index contributed by atoms with van der Waals surface area (Å²) in [6, 6.07) is 7.00. The first-order chi connectivity index (χ1) is 6.65. The van der Waals surface area contributed by atoms with Gasteiger partial charge in [-0.05, 0) is 26.0 Å². The summed E-state index contributed by atoms with van der Waals surface area (Å²) < 4.78 is 10.1. The van der Waals surface area contributed by atoms with E-state index < -0.39 is 0 Å². The van der Waals surface area contributed by atoms with Crippen LogP contribution in [0.1, 0.15) is 24.2 Å². The van der Waals surface area contributed by atoms with E-state index >= 15 is 0 Å². The van der Waals surface area contributed by atoms with Crippen LogP contribution in [-0.4, -0.2) is 19.2 Å². The minimum absolute atomic E-state index is 0.118. The number of esters is 1. The van der Waals surface area contributed by atoms with Crippen molar-refractivity contribution in [1.82, 2.24) is 0 Å². The van der Waals surface area contributed by atoms with Gasteiger partial charge in [0.25, 0.3) is 0 Å². The fraction of sp³-hybridized carbons (Fsp3) is 0.364. The molecule has 1 aromatic carbocycles. The standard InChI is InChI=1S/C11H14O3/c1-8(2)14-11(12)9-6-4-5-7-10(9)13-3/h4-8H,1-3H3. The Morgan fingerprint density at radius 2 is 1.93 bits per heavy atom. The highest BCUT2D eigenvalue weighted by Crippen LogP contribution is 2.18. The van der Waals surface area contributed by atoms with E-state index in [4.69, 9.17) is 9.47 Å². The molecule has 0 fully saturated rings. The fourth-order valence-corrected chi connectivity index (χ4v) is 1.09. The lowest BCUT2D eigenvalue weighted by molar-refractivity contribution is 0.0374. The van der Waals surface area contributed by atoms with Gasteiger partial charge < -0.3 is 9.47 Å². The molecule has 0 aliphatic rings. The van der Waals surface area contributed by atoms with Crippen molar-refractivity contribution in [2.75, 3.05) is 7.11 Å². The zero-order chi connectivity index (χ0) is 10.6. The minimum atomic E-state index is -0.350. The van der Waals surface area contributed by atoms with E-state index in [-0.39, 0.29) is 12.1 Å². The Kier molecular flexibility index (Phi) is 3.51. The molecule has 0 N–H and O–H groups in total. The van der Waals surface area contributed by atoms with Gasteiger partial charge in [0.2, 0.25) is 0 Å². The summed E-state index contributed by atoms with van der Waals surface area (Å²) in [6.07, 6.45) is -0.118. The topological polar surface area (TPSA) is 35.5 Å². The quantitative estimate of drug-likeness (QED) is 0.692. The van der Waals surface area contributed by atoms with Gasteiger partial charge in [0.15, 0.2) is 0 Å². The van der Waals surface area contributed by atoms with Crippen molar-refractivity contribution in [1.29, 1.82) is 0 Å². The molecule has 1 aromatic rings. The van der Waals surface area contributed by atoms with Crippen molar-refractivity contribution < 1.29 is 14.3 Å². The molecule has 0 atom stereocenters. The monoisotopic (exact) mass is 194 g/mol. The zero-order valence-electron chi connectivity index (χ0n) is 8.61. The molecule has 0 bridgehead atoms. The summed E-state index contributed by atoms with van der Waals surface area (Å²) >= 11 is 0. The molecule has 0 aliphatic heterocycles. The first kappa shape index (κ1) is 10.6. The van der Waals surface area contributed by atoms with E-state index in [1.165, 1.54) is 7.11 Å². The number of carbonyl (C=O) groups excluding carboxylic acids is 1. The third-order valence-corrected chi connectivity index (χ3v) is 1.67. The number of para-hydroxylation sites is 1. The molecule has 0 amide bonds. The van der Waals surface area contributed by atoms with Crippen molar-refractivity contribution in [3.8, 4) is 5.75 Å². The predicted molar refractivity (Wildman–Crippen MR) is 53.5 cm³/mol. The molecule has 3 nitrogen and oxygen atoms in total. The summed E-state index contributed by atoms with van der Waals surface area (Å²) in [5.41, 5.74) is 0.462. The van der Waals surface area contributed by atoms with Gasteiger partial charge >= 0.3 is 5.97 Å². The van der Waals surface area contributed by atoms with Crippen molar-refractivity contribution >= 4 is 5.97 Å². The molecule has 0 saturated heterocycles. The van der Waals surface area contributed by atoms with Crippen molar-refractivity contribution in [2.45, 2.75) is 20.0 Å². The van der Waals surface area contributed by atoms with Gasteiger partial charge in [-0.3, -0.25) is 0 Å². The van der Waals surface area contributed by atoms with Crippen LogP contribution in [-0.2, 0) is 4.74 Å². The lowest BCUT2D eigenvalue weighted by atomic mass is 10.2. The molecule has 3 heteroatoms. The van der Waals surface area contributed by atoms with Gasteiger partial charge in [0.05, 0.1) is 13.2 Å². The second-order valence-corrected chi connectivity index (χ2v) is 3.15. The van der Waals surface area contributed by atoms with E-state index in [1.807, 2.05) is 19.9 Å². The van der Waals surface area contributed by atoms with Crippen LogP contribution >= 0.6 is 0 Å². The Morgan fingerprint density at radius 1 is 1.29 bits per heavy atom. The van der Waals surface area contributed by atoms with E-state index in [0.717, 1.165) is 0 Å². The van der Waals surface area contributed by atoms with Gasteiger partial charge in [-0.15, -0.1) is 0 Å². The third-order valence-electron chi connectivity index (χ3n) is 1.67. The Balaban J connectivity index is 2.88. The molecular weight excluding hydrogens is 180 g/mol. The molecule has 0 aromatic heterocycles. The van der Waals surface area contributed by atoms with Crippen LogP contribution < -0.4 is 4.74 Å². The predicted octanol–water partition coefficient (Wildman–Crippen LogP) is 2.26. The van der Waals surface area contributed by atoms with Crippen molar-refractivity contribution in [2.24, 2.45) is 0 Å². The number of carbonyl (C=O) groups is 1. The molecular formula is C11H14O3. The Bertz CT molecular complexity index is 318. The normalized spacial score (nSPS) is 10.0. The molecule has 14 heavy (non-hydrogen) atoms. The van der Waals surface area contributed by atoms with E-state index in [1.54, 1.807) is 18.2 Å². The minimum Gasteiger partial charge on any atom is -0.496 e. The van der Waals surface area contributed by atoms with Gasteiger partial charge in [0, 0.05) is 0 Å². The van der Waals surface area contributed by atoms with Crippen LogP contribution in [0, 0.1) is 0 Å². The molecule has 0 aliphatic carbocycles. The fourth-order valence-electron chi connectivity index (χ4n) is 1.09. The van der Waals surface area contributed by atoms with Crippen molar-refractivity contribution in [3.63, 3.8) is 0 Å². The highest BCUT2D eigenvalue weighted by molar-refractivity contribution is 5.92. The molecule has 0 saturated carbocycles. The maximum Gasteiger partial charge on any atom is 0.342 e. The summed E-state index contributed by atoms with van der Waals surface area (Å²) in [6.45, 7) is 3.63.